The number of hydrogen-bond donors (Lipinski definition) is 1. The van der Waals surface area contributed by atoms with Gasteiger partial charge in [0.15, 0.2) is 6.61 Å². The van der Waals surface area contributed by atoms with Crippen molar-refractivity contribution in [2.24, 2.45) is 0 Å². The van der Waals surface area contributed by atoms with Crippen molar-refractivity contribution >= 4 is 34.2 Å². The van der Waals surface area contributed by atoms with E-state index in [1.807, 2.05) is 57.2 Å². The van der Waals surface area contributed by atoms with Gasteiger partial charge in [-0.25, -0.2) is 4.79 Å². The SMILES string of the molecule is CCc1cc(C(=O)OCC(=O)N[C@H](C)c2cc3ccccc3o2)sc1C. The molecule has 136 valence electrons. The number of para-hydroxylation sites is 1. The first-order chi connectivity index (χ1) is 12.5. The van der Waals surface area contributed by atoms with Gasteiger partial charge in [-0.3, -0.25) is 4.79 Å². The van der Waals surface area contributed by atoms with Crippen LogP contribution in [0.3, 0.4) is 0 Å². The molecule has 0 saturated carbocycles. The Bertz CT molecular complexity index is 907. The maximum absolute atomic E-state index is 12.1. The van der Waals surface area contributed by atoms with Crippen LogP contribution in [0.4, 0.5) is 0 Å². The van der Waals surface area contributed by atoms with Crippen LogP contribution in [0.5, 0.6) is 0 Å². The Balaban J connectivity index is 1.55. The molecule has 0 aliphatic carbocycles. The van der Waals surface area contributed by atoms with Crippen molar-refractivity contribution in [3.05, 3.63) is 57.5 Å². The maximum Gasteiger partial charge on any atom is 0.348 e. The average Bonchev–Trinajstić information content (AvgIpc) is 3.22. The molecule has 0 radical (unpaired) electrons. The van der Waals surface area contributed by atoms with Crippen LogP contribution < -0.4 is 5.32 Å². The smallest absolute Gasteiger partial charge is 0.348 e. The molecule has 0 aliphatic heterocycles. The number of nitrogens with one attached hydrogen (secondary N) is 1. The fourth-order valence-electron chi connectivity index (χ4n) is 2.74. The number of benzene rings is 1. The lowest BCUT2D eigenvalue weighted by Crippen LogP contribution is -2.30. The van der Waals surface area contributed by atoms with E-state index in [2.05, 4.69) is 5.32 Å². The third kappa shape index (κ3) is 3.96. The van der Waals surface area contributed by atoms with Crippen molar-refractivity contribution in [3.8, 4) is 0 Å². The second-order valence-electron chi connectivity index (χ2n) is 6.10. The number of aryl methyl sites for hydroxylation is 2. The molecular formula is C20H21NO4S. The van der Waals surface area contributed by atoms with E-state index in [1.54, 1.807) is 0 Å². The molecule has 0 spiro atoms. The Hall–Kier alpha value is -2.60. The van der Waals surface area contributed by atoms with Crippen LogP contribution in [-0.4, -0.2) is 18.5 Å². The molecule has 1 N–H and O–H groups in total. The van der Waals surface area contributed by atoms with E-state index < -0.39 is 5.97 Å². The van der Waals surface area contributed by atoms with Gasteiger partial charge in [0.25, 0.3) is 5.91 Å². The van der Waals surface area contributed by atoms with Crippen LogP contribution in [0.25, 0.3) is 11.0 Å². The lowest BCUT2D eigenvalue weighted by Gasteiger charge is -2.11. The molecular weight excluding hydrogens is 350 g/mol. The number of hydrogen-bond acceptors (Lipinski definition) is 5. The van der Waals surface area contributed by atoms with Crippen molar-refractivity contribution in [2.45, 2.75) is 33.2 Å². The molecule has 1 aromatic carbocycles. The van der Waals surface area contributed by atoms with Gasteiger partial charge >= 0.3 is 5.97 Å². The molecule has 0 saturated heterocycles. The Morgan fingerprint density at radius 3 is 2.73 bits per heavy atom. The first-order valence-corrected chi connectivity index (χ1v) is 9.34. The van der Waals surface area contributed by atoms with Crippen LogP contribution in [0.1, 0.15) is 45.8 Å². The minimum absolute atomic E-state index is 0.315. The molecule has 0 bridgehead atoms. The quantitative estimate of drug-likeness (QED) is 0.652. The van der Waals surface area contributed by atoms with Gasteiger partial charge in [-0.2, -0.15) is 0 Å². The third-order valence-electron chi connectivity index (χ3n) is 4.19. The average molecular weight is 371 g/mol. The molecule has 1 atom stereocenters. The zero-order valence-electron chi connectivity index (χ0n) is 15.0. The Kier molecular flexibility index (Phi) is 5.42. The normalized spacial score (nSPS) is 12.1. The van der Waals surface area contributed by atoms with E-state index in [0.717, 1.165) is 27.8 Å². The molecule has 0 aliphatic rings. The van der Waals surface area contributed by atoms with Gasteiger partial charge in [0.1, 0.15) is 16.2 Å². The highest BCUT2D eigenvalue weighted by Gasteiger charge is 2.17. The van der Waals surface area contributed by atoms with Crippen molar-refractivity contribution < 1.29 is 18.7 Å². The summed E-state index contributed by atoms with van der Waals surface area (Å²) in [5.74, 6) is -0.174. The predicted octanol–water partition coefficient (Wildman–Crippen LogP) is 4.40. The fourth-order valence-corrected chi connectivity index (χ4v) is 3.75. The first-order valence-electron chi connectivity index (χ1n) is 8.52. The molecule has 0 unspecified atom stereocenters. The van der Waals surface area contributed by atoms with E-state index in [-0.39, 0.29) is 18.6 Å². The molecule has 2 heterocycles. The lowest BCUT2D eigenvalue weighted by atomic mass is 10.2. The number of fused-ring (bicyclic) bond motifs is 1. The number of furan rings is 1. The molecule has 3 rings (SSSR count). The first kappa shape index (κ1) is 18.2. The minimum Gasteiger partial charge on any atom is -0.459 e. The van der Waals surface area contributed by atoms with Gasteiger partial charge in [0.2, 0.25) is 0 Å². The number of carbonyl (C=O) groups excluding carboxylic acids is 2. The monoisotopic (exact) mass is 371 g/mol. The highest BCUT2D eigenvalue weighted by molar-refractivity contribution is 7.14. The highest BCUT2D eigenvalue weighted by atomic mass is 32.1. The predicted molar refractivity (Wildman–Crippen MR) is 101 cm³/mol. The summed E-state index contributed by atoms with van der Waals surface area (Å²) >= 11 is 1.39. The zero-order valence-corrected chi connectivity index (χ0v) is 15.8. The van der Waals surface area contributed by atoms with Gasteiger partial charge < -0.3 is 14.5 Å². The number of carbonyl (C=O) groups is 2. The van der Waals surface area contributed by atoms with Crippen molar-refractivity contribution in [2.75, 3.05) is 6.61 Å². The molecule has 5 nitrogen and oxygen atoms in total. The fraction of sp³-hybridized carbons (Fsp3) is 0.300. The molecule has 2 aromatic heterocycles. The minimum atomic E-state index is -0.468. The summed E-state index contributed by atoms with van der Waals surface area (Å²) in [6, 6.07) is 11.1. The number of esters is 1. The zero-order chi connectivity index (χ0) is 18.7. The summed E-state index contributed by atoms with van der Waals surface area (Å²) in [5, 5.41) is 3.77. The Labute approximate surface area is 156 Å². The third-order valence-corrected chi connectivity index (χ3v) is 5.26. The van der Waals surface area contributed by atoms with E-state index in [1.165, 1.54) is 11.3 Å². The van der Waals surface area contributed by atoms with Crippen molar-refractivity contribution in [1.29, 1.82) is 0 Å². The number of rotatable bonds is 6. The Morgan fingerprint density at radius 2 is 2.04 bits per heavy atom. The van der Waals surface area contributed by atoms with Gasteiger partial charge in [-0.1, -0.05) is 25.1 Å². The van der Waals surface area contributed by atoms with Crippen LogP contribution in [0, 0.1) is 6.92 Å². The number of ether oxygens (including phenoxy) is 1. The highest BCUT2D eigenvalue weighted by Crippen LogP contribution is 2.24. The molecule has 6 heteroatoms. The lowest BCUT2D eigenvalue weighted by molar-refractivity contribution is -0.125. The second kappa shape index (κ2) is 7.74. The van der Waals surface area contributed by atoms with Crippen molar-refractivity contribution in [3.63, 3.8) is 0 Å². The van der Waals surface area contributed by atoms with E-state index in [9.17, 15) is 9.59 Å². The number of thiophene rings is 1. The van der Waals surface area contributed by atoms with Gasteiger partial charge in [-0.05, 0) is 44.0 Å². The maximum atomic E-state index is 12.1. The van der Waals surface area contributed by atoms with Crippen LogP contribution in [0.2, 0.25) is 0 Å². The van der Waals surface area contributed by atoms with E-state index in [4.69, 9.17) is 9.15 Å². The standard InChI is InChI=1S/C20H21NO4S/c1-4-14-10-18(26-13(14)3)20(23)24-11-19(22)21-12(2)17-9-15-7-5-6-8-16(15)25-17/h5-10,12H,4,11H2,1-3H3,(H,21,22)/t12-/m1/s1. The molecule has 3 aromatic rings. The van der Waals surface area contributed by atoms with Crippen LogP contribution in [0.15, 0.2) is 40.8 Å². The van der Waals surface area contributed by atoms with Gasteiger partial charge in [0, 0.05) is 10.3 Å². The summed E-state index contributed by atoms with van der Waals surface area (Å²) in [6.45, 7) is 5.52. The topological polar surface area (TPSA) is 68.5 Å². The van der Waals surface area contributed by atoms with E-state index in [0.29, 0.717) is 10.6 Å². The van der Waals surface area contributed by atoms with Crippen molar-refractivity contribution in [1.82, 2.24) is 5.32 Å². The summed E-state index contributed by atoms with van der Waals surface area (Å²) in [7, 11) is 0. The van der Waals surface area contributed by atoms with Gasteiger partial charge in [0.05, 0.1) is 6.04 Å². The summed E-state index contributed by atoms with van der Waals surface area (Å²) in [4.78, 5) is 25.8. The van der Waals surface area contributed by atoms with Crippen LogP contribution >= 0.6 is 11.3 Å². The largest absolute Gasteiger partial charge is 0.459 e. The van der Waals surface area contributed by atoms with E-state index >= 15 is 0 Å². The molecule has 26 heavy (non-hydrogen) atoms. The summed E-state index contributed by atoms with van der Waals surface area (Å²) < 4.78 is 10.9. The summed E-state index contributed by atoms with van der Waals surface area (Å²) in [6.07, 6.45) is 0.866. The summed E-state index contributed by atoms with van der Waals surface area (Å²) in [5.41, 5.74) is 1.90. The molecule has 0 fully saturated rings. The molecule has 1 amide bonds. The van der Waals surface area contributed by atoms with Crippen LogP contribution in [-0.2, 0) is 16.0 Å². The second-order valence-corrected chi connectivity index (χ2v) is 7.35. The van der Waals surface area contributed by atoms with Gasteiger partial charge in [-0.15, -0.1) is 11.3 Å². The Morgan fingerprint density at radius 1 is 1.27 bits per heavy atom. The number of amides is 1.